The quantitative estimate of drug-likeness (QED) is 0.736. The summed E-state index contributed by atoms with van der Waals surface area (Å²) in [5.41, 5.74) is 0.241. The van der Waals surface area contributed by atoms with E-state index in [0.717, 1.165) is 18.2 Å². The fourth-order valence-corrected chi connectivity index (χ4v) is 1.19. The second kappa shape index (κ2) is 4.03. The predicted octanol–water partition coefficient (Wildman–Crippen LogP) is 2.29. The fraction of sp³-hybridized carbons (Fsp3) is 0. The summed E-state index contributed by atoms with van der Waals surface area (Å²) in [6.07, 6.45) is 2.51. The molecule has 1 heterocycles. The van der Waals surface area contributed by atoms with Gasteiger partial charge in [-0.2, -0.15) is 5.26 Å². The van der Waals surface area contributed by atoms with E-state index >= 15 is 0 Å². The van der Waals surface area contributed by atoms with E-state index in [4.69, 9.17) is 5.26 Å². The zero-order chi connectivity index (χ0) is 11.5. The standard InChI is InChI=1S/C11H5F2N3/c12-8-1-2-10(13)9(3-8)11-15-5-7(4-14)6-16-11/h1-3,5-6H. The highest BCUT2D eigenvalue weighted by atomic mass is 19.1. The first-order valence-corrected chi connectivity index (χ1v) is 4.38. The number of hydrogen-bond donors (Lipinski definition) is 0. The van der Waals surface area contributed by atoms with Crippen molar-refractivity contribution in [1.82, 2.24) is 9.97 Å². The fourth-order valence-electron chi connectivity index (χ4n) is 1.19. The molecule has 0 aliphatic carbocycles. The Morgan fingerprint density at radius 3 is 2.44 bits per heavy atom. The molecule has 5 heteroatoms. The third-order valence-electron chi connectivity index (χ3n) is 1.95. The molecule has 0 saturated heterocycles. The topological polar surface area (TPSA) is 49.6 Å². The van der Waals surface area contributed by atoms with Crippen molar-refractivity contribution in [3.63, 3.8) is 0 Å². The Hall–Kier alpha value is -2.35. The van der Waals surface area contributed by atoms with Gasteiger partial charge < -0.3 is 0 Å². The van der Waals surface area contributed by atoms with E-state index < -0.39 is 11.6 Å². The van der Waals surface area contributed by atoms with Crippen LogP contribution in [0.4, 0.5) is 8.78 Å². The molecule has 0 aliphatic heterocycles. The molecule has 16 heavy (non-hydrogen) atoms. The minimum atomic E-state index is -0.605. The lowest BCUT2D eigenvalue weighted by molar-refractivity contribution is 0.602. The molecule has 3 nitrogen and oxygen atoms in total. The van der Waals surface area contributed by atoms with Crippen molar-refractivity contribution in [2.24, 2.45) is 0 Å². The highest BCUT2D eigenvalue weighted by Gasteiger charge is 2.08. The Labute approximate surface area is 90.0 Å². The normalized spacial score (nSPS) is 9.81. The number of nitrogens with zero attached hydrogens (tertiary/aromatic N) is 3. The smallest absolute Gasteiger partial charge is 0.162 e. The molecule has 0 aliphatic rings. The largest absolute Gasteiger partial charge is 0.235 e. The molecule has 0 saturated carbocycles. The molecule has 78 valence electrons. The van der Waals surface area contributed by atoms with Crippen molar-refractivity contribution in [2.45, 2.75) is 0 Å². The zero-order valence-electron chi connectivity index (χ0n) is 7.98. The summed E-state index contributed by atoms with van der Waals surface area (Å²) in [6.45, 7) is 0. The van der Waals surface area contributed by atoms with Crippen molar-refractivity contribution in [3.8, 4) is 17.5 Å². The molecule has 0 atom stereocenters. The number of hydrogen-bond acceptors (Lipinski definition) is 3. The van der Waals surface area contributed by atoms with Gasteiger partial charge in [0.2, 0.25) is 0 Å². The molecule has 0 unspecified atom stereocenters. The molecule has 0 radical (unpaired) electrons. The SMILES string of the molecule is N#Cc1cnc(-c2cc(F)ccc2F)nc1. The van der Waals surface area contributed by atoms with Crippen molar-refractivity contribution in [3.05, 3.63) is 47.8 Å². The Morgan fingerprint density at radius 2 is 1.81 bits per heavy atom. The van der Waals surface area contributed by atoms with Gasteiger partial charge in [-0.3, -0.25) is 0 Å². The molecule has 0 N–H and O–H groups in total. The first-order valence-electron chi connectivity index (χ1n) is 4.38. The van der Waals surface area contributed by atoms with Gasteiger partial charge in [0.25, 0.3) is 0 Å². The summed E-state index contributed by atoms with van der Waals surface area (Å²) < 4.78 is 26.2. The molecule has 1 aromatic carbocycles. The molecule has 0 fully saturated rings. The van der Waals surface area contributed by atoms with Crippen LogP contribution in [0.1, 0.15) is 5.56 Å². The second-order valence-electron chi connectivity index (χ2n) is 3.03. The van der Waals surface area contributed by atoms with Crippen molar-refractivity contribution < 1.29 is 8.78 Å². The Morgan fingerprint density at radius 1 is 1.12 bits per heavy atom. The summed E-state index contributed by atoms with van der Waals surface area (Å²) in [5.74, 6) is -1.12. The van der Waals surface area contributed by atoms with E-state index in [1.165, 1.54) is 12.4 Å². The lowest BCUT2D eigenvalue weighted by atomic mass is 10.2. The minimum absolute atomic E-state index is 0.0236. The van der Waals surface area contributed by atoms with Crippen LogP contribution in [0.25, 0.3) is 11.4 Å². The van der Waals surface area contributed by atoms with E-state index in [0.29, 0.717) is 0 Å². The number of halogens is 2. The number of aromatic nitrogens is 2. The van der Waals surface area contributed by atoms with Crippen molar-refractivity contribution >= 4 is 0 Å². The van der Waals surface area contributed by atoms with Gasteiger partial charge in [0.05, 0.1) is 11.1 Å². The van der Waals surface area contributed by atoms with E-state index in [1.54, 1.807) is 0 Å². The van der Waals surface area contributed by atoms with Gasteiger partial charge in [-0.05, 0) is 18.2 Å². The third kappa shape index (κ3) is 1.86. The third-order valence-corrected chi connectivity index (χ3v) is 1.95. The van der Waals surface area contributed by atoms with Crippen molar-refractivity contribution in [1.29, 1.82) is 5.26 Å². The molecular weight excluding hydrogens is 212 g/mol. The molecule has 0 bridgehead atoms. The van der Waals surface area contributed by atoms with Crippen LogP contribution in [0, 0.1) is 23.0 Å². The zero-order valence-corrected chi connectivity index (χ0v) is 7.98. The Kier molecular flexibility index (Phi) is 2.56. The van der Waals surface area contributed by atoms with Gasteiger partial charge in [0.15, 0.2) is 5.82 Å². The summed E-state index contributed by atoms with van der Waals surface area (Å²) in [4.78, 5) is 7.56. The van der Waals surface area contributed by atoms with Gasteiger partial charge in [0.1, 0.15) is 17.7 Å². The van der Waals surface area contributed by atoms with E-state index in [1.807, 2.05) is 6.07 Å². The van der Waals surface area contributed by atoms with Crippen LogP contribution in [0.3, 0.4) is 0 Å². The van der Waals surface area contributed by atoms with E-state index in [9.17, 15) is 8.78 Å². The average molecular weight is 217 g/mol. The number of benzene rings is 1. The van der Waals surface area contributed by atoms with Crippen LogP contribution >= 0.6 is 0 Å². The lowest BCUT2D eigenvalue weighted by Gasteiger charge is -2.01. The van der Waals surface area contributed by atoms with Gasteiger partial charge >= 0.3 is 0 Å². The minimum Gasteiger partial charge on any atom is -0.235 e. The summed E-state index contributed by atoms with van der Waals surface area (Å²) in [6, 6.07) is 4.87. The number of nitriles is 1. The van der Waals surface area contributed by atoms with Gasteiger partial charge in [-0.25, -0.2) is 18.7 Å². The van der Waals surface area contributed by atoms with Crippen LogP contribution in [0.2, 0.25) is 0 Å². The predicted molar refractivity (Wildman–Crippen MR) is 52.1 cm³/mol. The summed E-state index contributed by atoms with van der Waals surface area (Å²) in [5, 5.41) is 8.53. The second-order valence-corrected chi connectivity index (χ2v) is 3.03. The molecule has 1 aromatic heterocycles. The Balaban J connectivity index is 2.50. The van der Waals surface area contributed by atoms with Gasteiger partial charge in [-0.1, -0.05) is 0 Å². The van der Waals surface area contributed by atoms with E-state index in [2.05, 4.69) is 9.97 Å². The highest BCUT2D eigenvalue weighted by molar-refractivity contribution is 5.55. The first kappa shape index (κ1) is 10.2. The van der Waals surface area contributed by atoms with Crippen LogP contribution in [0.5, 0.6) is 0 Å². The molecule has 2 aromatic rings. The molecule has 0 spiro atoms. The molecule has 0 amide bonds. The van der Waals surface area contributed by atoms with Crippen LogP contribution < -0.4 is 0 Å². The van der Waals surface area contributed by atoms with Crippen LogP contribution in [-0.4, -0.2) is 9.97 Å². The van der Waals surface area contributed by atoms with Gasteiger partial charge in [0, 0.05) is 12.4 Å². The lowest BCUT2D eigenvalue weighted by Crippen LogP contribution is -1.93. The summed E-state index contributed by atoms with van der Waals surface area (Å²) in [7, 11) is 0. The van der Waals surface area contributed by atoms with Crippen molar-refractivity contribution in [2.75, 3.05) is 0 Å². The molecular formula is C11H5F2N3. The summed E-state index contributed by atoms with van der Waals surface area (Å²) >= 11 is 0. The van der Waals surface area contributed by atoms with Crippen LogP contribution in [0.15, 0.2) is 30.6 Å². The first-order chi connectivity index (χ1) is 7.70. The van der Waals surface area contributed by atoms with Crippen LogP contribution in [-0.2, 0) is 0 Å². The number of rotatable bonds is 1. The maximum atomic E-state index is 13.3. The average Bonchev–Trinajstić information content (AvgIpc) is 2.32. The monoisotopic (exact) mass is 217 g/mol. The Bertz CT molecular complexity index is 558. The van der Waals surface area contributed by atoms with Gasteiger partial charge in [-0.15, -0.1) is 0 Å². The highest BCUT2D eigenvalue weighted by Crippen LogP contribution is 2.19. The molecule has 2 rings (SSSR count). The maximum absolute atomic E-state index is 13.3. The van der Waals surface area contributed by atoms with E-state index in [-0.39, 0.29) is 17.0 Å². The maximum Gasteiger partial charge on any atom is 0.162 e.